The third-order valence-corrected chi connectivity index (χ3v) is 3.93. The van der Waals surface area contributed by atoms with E-state index in [0.29, 0.717) is 19.5 Å². The fourth-order valence-corrected chi connectivity index (χ4v) is 2.56. The van der Waals surface area contributed by atoms with Gasteiger partial charge in [0.05, 0.1) is 11.3 Å². The van der Waals surface area contributed by atoms with Crippen LogP contribution in [0.25, 0.3) is 0 Å². The lowest BCUT2D eigenvalue weighted by molar-refractivity contribution is -0.122. The molecule has 0 spiro atoms. The molecule has 1 aromatic rings. The van der Waals surface area contributed by atoms with Gasteiger partial charge in [-0.3, -0.25) is 4.79 Å². The molecule has 1 aliphatic heterocycles. The summed E-state index contributed by atoms with van der Waals surface area (Å²) in [6.45, 7) is 0.886. The molecule has 0 saturated carbocycles. The largest absolute Gasteiger partial charge is 0.351 e. The highest BCUT2D eigenvalue weighted by atomic mass is 32.2. The first-order valence-electron chi connectivity index (χ1n) is 5.81. The third kappa shape index (κ3) is 3.38. The summed E-state index contributed by atoms with van der Waals surface area (Å²) in [6.07, 6.45) is 0.406. The lowest BCUT2D eigenvalue weighted by atomic mass is 10.2. The summed E-state index contributed by atoms with van der Waals surface area (Å²) in [6, 6.07) is 9.27. The molecule has 1 amide bonds. The first-order valence-corrected chi connectivity index (χ1v) is 6.98. The quantitative estimate of drug-likeness (QED) is 0.684. The first-order chi connectivity index (χ1) is 8.66. The van der Waals surface area contributed by atoms with E-state index in [1.807, 2.05) is 30.3 Å². The van der Waals surface area contributed by atoms with E-state index in [1.165, 1.54) is 0 Å². The second-order valence-corrected chi connectivity index (χ2v) is 5.52. The van der Waals surface area contributed by atoms with Gasteiger partial charge < -0.3 is 15.2 Å². The molecular formula is C12H16N2O3S. The Morgan fingerprint density at radius 3 is 2.78 bits per heavy atom. The predicted octanol–water partition coefficient (Wildman–Crippen LogP) is 0.255. The molecule has 2 rings (SSSR count). The van der Waals surface area contributed by atoms with Crippen LogP contribution in [0.5, 0.6) is 0 Å². The van der Waals surface area contributed by atoms with E-state index in [1.54, 1.807) is 0 Å². The standard InChI is InChI=1S/C12H16N2O3S/c15-12(11-6-10(8-13-11)18(16)17)14-7-9-4-2-1-3-5-9/h1-5,10-11,13H,6-8H2,(H,14,15)(H,16,17). The fourth-order valence-electron chi connectivity index (χ4n) is 1.96. The first kappa shape index (κ1) is 13.2. The average molecular weight is 268 g/mol. The normalized spacial score (nSPS) is 24.7. The van der Waals surface area contributed by atoms with Gasteiger partial charge in [0.1, 0.15) is 0 Å². The highest BCUT2D eigenvalue weighted by molar-refractivity contribution is 7.79. The van der Waals surface area contributed by atoms with Crippen molar-refractivity contribution in [2.24, 2.45) is 0 Å². The maximum atomic E-state index is 11.8. The van der Waals surface area contributed by atoms with E-state index in [0.717, 1.165) is 5.56 Å². The van der Waals surface area contributed by atoms with Gasteiger partial charge in [-0.25, -0.2) is 4.21 Å². The Morgan fingerprint density at radius 2 is 2.17 bits per heavy atom. The zero-order chi connectivity index (χ0) is 13.0. The molecule has 3 N–H and O–H groups in total. The Morgan fingerprint density at radius 1 is 1.44 bits per heavy atom. The average Bonchev–Trinajstić information content (AvgIpc) is 2.87. The molecule has 1 fully saturated rings. The van der Waals surface area contributed by atoms with Crippen LogP contribution in [0.4, 0.5) is 0 Å². The topological polar surface area (TPSA) is 78.4 Å². The van der Waals surface area contributed by atoms with Crippen LogP contribution >= 0.6 is 0 Å². The van der Waals surface area contributed by atoms with Crippen LogP contribution in [0.15, 0.2) is 30.3 Å². The zero-order valence-corrected chi connectivity index (χ0v) is 10.7. The molecule has 1 saturated heterocycles. The Labute approximate surface area is 108 Å². The fraction of sp³-hybridized carbons (Fsp3) is 0.417. The SMILES string of the molecule is O=C(NCc1ccccc1)C1CC(S(=O)O)CN1. The number of amides is 1. The summed E-state index contributed by atoms with van der Waals surface area (Å²) >= 11 is -1.86. The van der Waals surface area contributed by atoms with Crippen LogP contribution < -0.4 is 10.6 Å². The molecule has 0 radical (unpaired) electrons. The molecule has 1 aromatic carbocycles. The Hall–Kier alpha value is -1.24. The molecule has 18 heavy (non-hydrogen) atoms. The van der Waals surface area contributed by atoms with Crippen LogP contribution in [0.3, 0.4) is 0 Å². The minimum Gasteiger partial charge on any atom is -0.351 e. The van der Waals surface area contributed by atoms with Gasteiger partial charge in [0.25, 0.3) is 0 Å². The summed E-state index contributed by atoms with van der Waals surface area (Å²) < 4.78 is 19.8. The highest BCUT2D eigenvalue weighted by Gasteiger charge is 2.32. The van der Waals surface area contributed by atoms with Crippen LogP contribution in [0.1, 0.15) is 12.0 Å². The summed E-state index contributed by atoms with van der Waals surface area (Å²) in [7, 11) is 0. The molecule has 1 heterocycles. The van der Waals surface area contributed by atoms with E-state index < -0.39 is 11.1 Å². The lowest BCUT2D eigenvalue weighted by Gasteiger charge is -2.11. The van der Waals surface area contributed by atoms with Crippen molar-refractivity contribution in [3.05, 3.63) is 35.9 Å². The summed E-state index contributed by atoms with van der Waals surface area (Å²) in [5.74, 6) is -0.119. The van der Waals surface area contributed by atoms with Crippen molar-refractivity contribution in [1.82, 2.24) is 10.6 Å². The predicted molar refractivity (Wildman–Crippen MR) is 69.3 cm³/mol. The number of hydrogen-bond donors (Lipinski definition) is 3. The highest BCUT2D eigenvalue weighted by Crippen LogP contribution is 2.11. The van der Waals surface area contributed by atoms with Gasteiger partial charge in [-0.1, -0.05) is 30.3 Å². The van der Waals surface area contributed by atoms with E-state index >= 15 is 0 Å². The van der Waals surface area contributed by atoms with Crippen molar-refractivity contribution < 1.29 is 13.6 Å². The molecule has 3 atom stereocenters. The second kappa shape index (κ2) is 6.08. The smallest absolute Gasteiger partial charge is 0.237 e. The van der Waals surface area contributed by atoms with Gasteiger partial charge in [-0.05, 0) is 12.0 Å². The summed E-state index contributed by atoms with van der Waals surface area (Å²) in [5, 5.41) is 5.43. The van der Waals surface area contributed by atoms with Crippen molar-refractivity contribution in [3.8, 4) is 0 Å². The van der Waals surface area contributed by atoms with E-state index in [4.69, 9.17) is 4.55 Å². The van der Waals surface area contributed by atoms with Crippen LogP contribution in [0.2, 0.25) is 0 Å². The van der Waals surface area contributed by atoms with Crippen LogP contribution in [0, 0.1) is 0 Å². The maximum Gasteiger partial charge on any atom is 0.237 e. The number of benzene rings is 1. The maximum absolute atomic E-state index is 11.8. The molecular weight excluding hydrogens is 252 g/mol. The Bertz CT molecular complexity index is 438. The molecule has 1 aliphatic rings. The number of carbonyl (C=O) groups is 1. The van der Waals surface area contributed by atoms with E-state index in [-0.39, 0.29) is 17.2 Å². The van der Waals surface area contributed by atoms with Crippen molar-refractivity contribution in [2.45, 2.75) is 24.3 Å². The van der Waals surface area contributed by atoms with E-state index in [9.17, 15) is 9.00 Å². The number of carbonyl (C=O) groups excluding carboxylic acids is 1. The number of hydrogen-bond acceptors (Lipinski definition) is 3. The number of rotatable bonds is 4. The van der Waals surface area contributed by atoms with Gasteiger partial charge in [0.15, 0.2) is 11.1 Å². The third-order valence-electron chi connectivity index (χ3n) is 3.00. The molecule has 0 aliphatic carbocycles. The van der Waals surface area contributed by atoms with Gasteiger partial charge in [-0.2, -0.15) is 0 Å². The van der Waals surface area contributed by atoms with Crippen LogP contribution in [-0.4, -0.2) is 32.5 Å². The molecule has 98 valence electrons. The van der Waals surface area contributed by atoms with Gasteiger partial charge >= 0.3 is 0 Å². The zero-order valence-electron chi connectivity index (χ0n) is 9.83. The van der Waals surface area contributed by atoms with Crippen molar-refractivity contribution in [1.29, 1.82) is 0 Å². The molecule has 3 unspecified atom stereocenters. The van der Waals surface area contributed by atoms with Crippen molar-refractivity contribution in [2.75, 3.05) is 6.54 Å². The second-order valence-electron chi connectivity index (χ2n) is 4.30. The van der Waals surface area contributed by atoms with Gasteiger partial charge in [0.2, 0.25) is 5.91 Å². The molecule has 0 bridgehead atoms. The Kier molecular flexibility index (Phi) is 4.46. The lowest BCUT2D eigenvalue weighted by Crippen LogP contribution is -2.39. The molecule has 0 aromatic heterocycles. The Balaban J connectivity index is 1.81. The van der Waals surface area contributed by atoms with Crippen molar-refractivity contribution in [3.63, 3.8) is 0 Å². The van der Waals surface area contributed by atoms with Gasteiger partial charge in [-0.15, -0.1) is 0 Å². The minimum absolute atomic E-state index is 0.119. The minimum atomic E-state index is -1.86. The van der Waals surface area contributed by atoms with Crippen LogP contribution in [-0.2, 0) is 22.4 Å². The monoisotopic (exact) mass is 268 g/mol. The van der Waals surface area contributed by atoms with E-state index in [2.05, 4.69) is 10.6 Å². The molecule has 6 heteroatoms. The summed E-state index contributed by atoms with van der Waals surface area (Å²) in [4.78, 5) is 11.8. The molecule has 5 nitrogen and oxygen atoms in total. The summed E-state index contributed by atoms with van der Waals surface area (Å²) in [5.41, 5.74) is 1.03. The van der Waals surface area contributed by atoms with Crippen molar-refractivity contribution >= 4 is 17.0 Å². The number of nitrogens with one attached hydrogen (secondary N) is 2. The van der Waals surface area contributed by atoms with Gasteiger partial charge in [0, 0.05) is 13.1 Å².